The maximum atomic E-state index is 5.94. The van der Waals surface area contributed by atoms with Gasteiger partial charge in [0.1, 0.15) is 11.6 Å². The summed E-state index contributed by atoms with van der Waals surface area (Å²) >= 11 is 0. The van der Waals surface area contributed by atoms with Crippen LogP contribution in [0.4, 0.5) is 5.82 Å². The van der Waals surface area contributed by atoms with Crippen molar-refractivity contribution >= 4 is 5.82 Å². The molecule has 3 heteroatoms. The predicted octanol–water partition coefficient (Wildman–Crippen LogP) is 2.56. The van der Waals surface area contributed by atoms with Crippen molar-refractivity contribution in [3.05, 3.63) is 52.5 Å². The van der Waals surface area contributed by atoms with Crippen LogP contribution < -0.4 is 5.73 Å². The number of hydrogen-bond donors (Lipinski definition) is 1. The van der Waals surface area contributed by atoms with Gasteiger partial charge >= 0.3 is 0 Å². The minimum Gasteiger partial charge on any atom is -0.383 e. The Bertz CT molecular complexity index is 556. The molecular formula is C15H17N3. The molecule has 1 aromatic carbocycles. The molecule has 0 spiro atoms. The van der Waals surface area contributed by atoms with E-state index in [2.05, 4.69) is 34.2 Å². The van der Waals surface area contributed by atoms with E-state index in [0.717, 1.165) is 29.9 Å². The van der Waals surface area contributed by atoms with E-state index in [9.17, 15) is 0 Å². The van der Waals surface area contributed by atoms with Gasteiger partial charge in [0.2, 0.25) is 0 Å². The van der Waals surface area contributed by atoms with Crippen LogP contribution in [0.5, 0.6) is 0 Å². The Morgan fingerprint density at radius 3 is 2.22 bits per heavy atom. The number of hydrogen-bond acceptors (Lipinski definition) is 3. The highest BCUT2D eigenvalue weighted by atomic mass is 15.0. The van der Waals surface area contributed by atoms with Crippen molar-refractivity contribution in [1.29, 1.82) is 0 Å². The maximum Gasteiger partial charge on any atom is 0.134 e. The number of aryl methyl sites for hydroxylation is 1. The molecular weight excluding hydrogens is 222 g/mol. The second kappa shape index (κ2) is 4.09. The lowest BCUT2D eigenvalue weighted by molar-refractivity contribution is 0.678. The van der Waals surface area contributed by atoms with E-state index in [0.29, 0.717) is 11.7 Å². The maximum absolute atomic E-state index is 5.94. The molecule has 92 valence electrons. The first kappa shape index (κ1) is 11.2. The van der Waals surface area contributed by atoms with Crippen molar-refractivity contribution in [2.24, 2.45) is 0 Å². The van der Waals surface area contributed by atoms with Crippen LogP contribution in [0.25, 0.3) is 0 Å². The Morgan fingerprint density at radius 1 is 1.06 bits per heavy atom. The van der Waals surface area contributed by atoms with Crippen LogP contribution in [0, 0.1) is 13.8 Å². The van der Waals surface area contributed by atoms with Crippen LogP contribution in [0.3, 0.4) is 0 Å². The molecule has 1 aliphatic rings. The number of nitrogens with zero attached hydrogens (tertiary/aromatic N) is 2. The molecule has 0 saturated heterocycles. The summed E-state index contributed by atoms with van der Waals surface area (Å²) in [5.74, 6) is 1.89. The van der Waals surface area contributed by atoms with E-state index >= 15 is 0 Å². The summed E-state index contributed by atoms with van der Waals surface area (Å²) in [6.45, 7) is 3.97. The second-order valence-corrected chi connectivity index (χ2v) is 5.05. The summed E-state index contributed by atoms with van der Waals surface area (Å²) in [4.78, 5) is 9.07. The number of aromatic nitrogens is 2. The SMILES string of the molecule is Cc1nc(C2Cc3ccccc3C2)nc(N)c1C. The molecule has 0 saturated carbocycles. The number of nitrogen functional groups attached to an aromatic ring is 1. The second-order valence-electron chi connectivity index (χ2n) is 5.05. The molecule has 3 nitrogen and oxygen atoms in total. The van der Waals surface area contributed by atoms with Crippen LogP contribution >= 0.6 is 0 Å². The number of benzene rings is 1. The number of anilines is 1. The molecule has 1 aromatic heterocycles. The third kappa shape index (κ3) is 1.76. The van der Waals surface area contributed by atoms with Gasteiger partial charge in [-0.1, -0.05) is 24.3 Å². The molecule has 2 N–H and O–H groups in total. The lowest BCUT2D eigenvalue weighted by Gasteiger charge is -2.11. The summed E-state index contributed by atoms with van der Waals surface area (Å²) in [7, 11) is 0. The third-order valence-electron chi connectivity index (χ3n) is 3.86. The Labute approximate surface area is 107 Å². The summed E-state index contributed by atoms with van der Waals surface area (Å²) in [6, 6.07) is 8.58. The van der Waals surface area contributed by atoms with Crippen molar-refractivity contribution < 1.29 is 0 Å². The highest BCUT2D eigenvalue weighted by Gasteiger charge is 2.25. The average molecular weight is 239 g/mol. The first-order chi connectivity index (χ1) is 8.65. The Morgan fingerprint density at radius 2 is 1.67 bits per heavy atom. The molecule has 0 aliphatic heterocycles. The zero-order valence-corrected chi connectivity index (χ0v) is 10.8. The number of fused-ring (bicyclic) bond motifs is 1. The molecule has 18 heavy (non-hydrogen) atoms. The quantitative estimate of drug-likeness (QED) is 0.832. The van der Waals surface area contributed by atoms with Crippen LogP contribution in [-0.2, 0) is 12.8 Å². The lowest BCUT2D eigenvalue weighted by Crippen LogP contribution is -2.09. The molecule has 0 bridgehead atoms. The predicted molar refractivity (Wildman–Crippen MR) is 72.5 cm³/mol. The van der Waals surface area contributed by atoms with Gasteiger partial charge in [-0.3, -0.25) is 0 Å². The van der Waals surface area contributed by atoms with E-state index in [1.807, 2.05) is 13.8 Å². The van der Waals surface area contributed by atoms with E-state index in [1.165, 1.54) is 11.1 Å². The topological polar surface area (TPSA) is 51.8 Å². The average Bonchev–Trinajstić information content (AvgIpc) is 2.79. The van der Waals surface area contributed by atoms with E-state index in [-0.39, 0.29) is 0 Å². The summed E-state index contributed by atoms with van der Waals surface area (Å²) in [5.41, 5.74) is 10.8. The van der Waals surface area contributed by atoms with Gasteiger partial charge in [-0.05, 0) is 37.8 Å². The minimum atomic E-state index is 0.379. The van der Waals surface area contributed by atoms with Gasteiger partial charge in [0.15, 0.2) is 0 Å². The highest BCUT2D eigenvalue weighted by molar-refractivity contribution is 5.42. The molecule has 3 rings (SSSR count). The molecule has 1 heterocycles. The molecule has 0 amide bonds. The fraction of sp³-hybridized carbons (Fsp3) is 0.333. The molecule has 2 aromatic rings. The summed E-state index contributed by atoms with van der Waals surface area (Å²) in [5, 5.41) is 0. The van der Waals surface area contributed by atoms with Crippen LogP contribution in [0.2, 0.25) is 0 Å². The fourth-order valence-corrected chi connectivity index (χ4v) is 2.60. The monoisotopic (exact) mass is 239 g/mol. The van der Waals surface area contributed by atoms with Gasteiger partial charge < -0.3 is 5.73 Å². The zero-order chi connectivity index (χ0) is 12.7. The third-order valence-corrected chi connectivity index (χ3v) is 3.86. The normalized spacial score (nSPS) is 14.8. The lowest BCUT2D eigenvalue weighted by atomic mass is 10.1. The Balaban J connectivity index is 1.95. The van der Waals surface area contributed by atoms with E-state index < -0.39 is 0 Å². The molecule has 0 unspecified atom stereocenters. The van der Waals surface area contributed by atoms with Crippen molar-refractivity contribution in [1.82, 2.24) is 9.97 Å². The number of rotatable bonds is 1. The van der Waals surface area contributed by atoms with Crippen molar-refractivity contribution in [3.8, 4) is 0 Å². The van der Waals surface area contributed by atoms with Crippen molar-refractivity contribution in [2.75, 3.05) is 5.73 Å². The van der Waals surface area contributed by atoms with Gasteiger partial charge in [-0.25, -0.2) is 9.97 Å². The molecule has 0 radical (unpaired) electrons. The molecule has 1 aliphatic carbocycles. The van der Waals surface area contributed by atoms with Gasteiger partial charge in [-0.15, -0.1) is 0 Å². The van der Waals surface area contributed by atoms with Gasteiger partial charge in [0.25, 0.3) is 0 Å². The standard InChI is InChI=1S/C15H17N3/c1-9-10(2)17-15(18-14(9)16)13-7-11-5-3-4-6-12(11)8-13/h3-6,13H,7-8H2,1-2H3,(H2,16,17,18). The van der Waals surface area contributed by atoms with Crippen molar-refractivity contribution in [2.45, 2.75) is 32.6 Å². The summed E-state index contributed by atoms with van der Waals surface area (Å²) in [6.07, 6.45) is 2.05. The first-order valence-corrected chi connectivity index (χ1v) is 6.32. The van der Waals surface area contributed by atoms with Gasteiger partial charge in [-0.2, -0.15) is 0 Å². The van der Waals surface area contributed by atoms with Gasteiger partial charge in [0, 0.05) is 17.2 Å². The van der Waals surface area contributed by atoms with Crippen molar-refractivity contribution in [3.63, 3.8) is 0 Å². The molecule has 0 fully saturated rings. The first-order valence-electron chi connectivity index (χ1n) is 6.32. The Kier molecular flexibility index (Phi) is 2.54. The zero-order valence-electron chi connectivity index (χ0n) is 10.8. The van der Waals surface area contributed by atoms with Gasteiger partial charge in [0.05, 0.1) is 0 Å². The Hall–Kier alpha value is -1.90. The largest absolute Gasteiger partial charge is 0.383 e. The molecule has 0 atom stereocenters. The number of nitrogens with two attached hydrogens (primary N) is 1. The van der Waals surface area contributed by atoms with Crippen LogP contribution in [0.1, 0.15) is 34.1 Å². The smallest absolute Gasteiger partial charge is 0.134 e. The van der Waals surface area contributed by atoms with Crippen LogP contribution in [0.15, 0.2) is 24.3 Å². The van der Waals surface area contributed by atoms with Crippen LogP contribution in [-0.4, -0.2) is 9.97 Å². The fourth-order valence-electron chi connectivity index (χ4n) is 2.60. The minimum absolute atomic E-state index is 0.379. The van der Waals surface area contributed by atoms with E-state index in [4.69, 9.17) is 5.73 Å². The highest BCUT2D eigenvalue weighted by Crippen LogP contribution is 2.32. The summed E-state index contributed by atoms with van der Waals surface area (Å²) < 4.78 is 0. The van der Waals surface area contributed by atoms with E-state index in [1.54, 1.807) is 0 Å².